The molecule has 0 spiro atoms. The Hall–Kier alpha value is -2.50. The zero-order valence-electron chi connectivity index (χ0n) is 14.4. The highest BCUT2D eigenvalue weighted by atomic mass is 32.1. The molecular weight excluding hydrogens is 342 g/mol. The van der Waals surface area contributed by atoms with Crippen molar-refractivity contribution in [2.75, 3.05) is 5.32 Å². The maximum absolute atomic E-state index is 9.96. The van der Waals surface area contributed by atoms with E-state index in [0.717, 1.165) is 40.7 Å². The summed E-state index contributed by atoms with van der Waals surface area (Å²) < 4.78 is 1.28. The number of aliphatic hydroxyl groups is 1. The van der Waals surface area contributed by atoms with E-state index < -0.39 is 5.60 Å². The highest BCUT2D eigenvalue weighted by Crippen LogP contribution is 2.36. The van der Waals surface area contributed by atoms with Crippen LogP contribution < -0.4 is 5.32 Å². The van der Waals surface area contributed by atoms with Crippen LogP contribution in [0, 0.1) is 0 Å². The monoisotopic (exact) mass is 361 g/mol. The van der Waals surface area contributed by atoms with E-state index in [4.69, 9.17) is 0 Å². The highest BCUT2D eigenvalue weighted by Gasteiger charge is 2.38. The predicted molar refractivity (Wildman–Crippen MR) is 108 cm³/mol. The molecule has 0 amide bonds. The van der Waals surface area contributed by atoms with Crippen LogP contribution in [-0.2, 0) is 0 Å². The Morgan fingerprint density at radius 2 is 1.88 bits per heavy atom. The van der Waals surface area contributed by atoms with Crippen molar-refractivity contribution in [2.24, 2.45) is 0 Å². The van der Waals surface area contributed by atoms with Crippen LogP contribution in [-0.4, -0.2) is 26.9 Å². The van der Waals surface area contributed by atoms with E-state index in [0.29, 0.717) is 0 Å². The molecule has 1 saturated carbocycles. The number of hydrogen-bond acceptors (Lipinski definition) is 5. The lowest BCUT2D eigenvalue weighted by molar-refractivity contribution is -0.0235. The summed E-state index contributed by atoms with van der Waals surface area (Å²) in [6, 6.07) is 17.1. The molecular formula is C21H19N3OS. The van der Waals surface area contributed by atoms with E-state index >= 15 is 0 Å². The zero-order valence-corrected chi connectivity index (χ0v) is 15.3. The third-order valence-corrected chi connectivity index (χ3v) is 6.02. The van der Waals surface area contributed by atoms with Gasteiger partial charge in [0.25, 0.3) is 0 Å². The van der Waals surface area contributed by atoms with Gasteiger partial charge in [-0.1, -0.05) is 30.3 Å². The summed E-state index contributed by atoms with van der Waals surface area (Å²) in [6.45, 7) is 1.87. The van der Waals surface area contributed by atoms with Gasteiger partial charge in [-0.2, -0.15) is 0 Å². The van der Waals surface area contributed by atoms with Crippen molar-refractivity contribution in [3.05, 3.63) is 53.9 Å². The van der Waals surface area contributed by atoms with Gasteiger partial charge in [-0.3, -0.25) is 0 Å². The summed E-state index contributed by atoms with van der Waals surface area (Å²) >= 11 is 1.75. The van der Waals surface area contributed by atoms with E-state index in [9.17, 15) is 5.11 Å². The number of nitrogens with zero attached hydrogens (tertiary/aromatic N) is 2. The number of benzene rings is 2. The average molecular weight is 361 g/mol. The standard InChI is InChI=1S/C21H19N3OS/c1-21(25)11-15(12-21)22-20-17-5-3-2-4-16(17)19(23-24-20)14-6-7-18-13(10-14)8-9-26-18/h2-10,15,25H,11-12H2,1H3,(H,22,24). The van der Waals surface area contributed by atoms with Crippen LogP contribution in [0.3, 0.4) is 0 Å². The molecule has 26 heavy (non-hydrogen) atoms. The molecule has 5 rings (SSSR count). The second-order valence-electron chi connectivity index (χ2n) is 7.36. The van der Waals surface area contributed by atoms with Gasteiger partial charge >= 0.3 is 0 Å². The Morgan fingerprint density at radius 3 is 2.69 bits per heavy atom. The fourth-order valence-corrected chi connectivity index (χ4v) is 4.61. The summed E-state index contributed by atoms with van der Waals surface area (Å²) in [4.78, 5) is 0. The van der Waals surface area contributed by atoms with Crippen LogP contribution in [0.1, 0.15) is 19.8 Å². The Labute approximate surface area is 155 Å². The molecule has 0 saturated heterocycles. The second kappa shape index (κ2) is 5.76. The first-order valence-corrected chi connectivity index (χ1v) is 9.69. The van der Waals surface area contributed by atoms with Gasteiger partial charge in [0.2, 0.25) is 0 Å². The Balaban J connectivity index is 1.58. The SMILES string of the molecule is CC1(O)CC(Nc2nnc(-c3ccc4sccc4c3)c3ccccc23)C1. The molecule has 4 aromatic rings. The number of thiophene rings is 1. The van der Waals surface area contributed by atoms with E-state index in [1.807, 2.05) is 19.1 Å². The van der Waals surface area contributed by atoms with E-state index in [2.05, 4.69) is 57.3 Å². The quantitative estimate of drug-likeness (QED) is 0.548. The summed E-state index contributed by atoms with van der Waals surface area (Å²) in [7, 11) is 0. The third-order valence-electron chi connectivity index (χ3n) is 5.13. The van der Waals surface area contributed by atoms with Gasteiger partial charge in [0.1, 0.15) is 5.69 Å². The molecule has 2 heterocycles. The predicted octanol–water partition coefficient (Wildman–Crippen LogP) is 4.84. The normalized spacial score (nSPS) is 22.5. The lowest BCUT2D eigenvalue weighted by Crippen LogP contribution is -2.48. The minimum atomic E-state index is -0.559. The van der Waals surface area contributed by atoms with Crippen LogP contribution in [0.5, 0.6) is 0 Å². The first-order valence-electron chi connectivity index (χ1n) is 8.81. The van der Waals surface area contributed by atoms with Gasteiger partial charge in [-0.15, -0.1) is 21.5 Å². The summed E-state index contributed by atoms with van der Waals surface area (Å²) in [5.41, 5.74) is 1.43. The lowest BCUT2D eigenvalue weighted by atomic mass is 9.77. The molecule has 0 bridgehead atoms. The zero-order chi connectivity index (χ0) is 17.7. The van der Waals surface area contributed by atoms with Crippen LogP contribution >= 0.6 is 11.3 Å². The second-order valence-corrected chi connectivity index (χ2v) is 8.31. The molecule has 130 valence electrons. The maximum atomic E-state index is 9.96. The molecule has 1 aliphatic carbocycles. The number of nitrogens with one attached hydrogen (secondary N) is 1. The molecule has 1 aliphatic rings. The van der Waals surface area contributed by atoms with Crippen LogP contribution in [0.15, 0.2) is 53.9 Å². The minimum absolute atomic E-state index is 0.246. The first-order chi connectivity index (χ1) is 12.6. The molecule has 5 heteroatoms. The third kappa shape index (κ3) is 2.64. The van der Waals surface area contributed by atoms with Crippen molar-refractivity contribution in [1.29, 1.82) is 0 Å². The van der Waals surface area contributed by atoms with E-state index in [1.165, 1.54) is 10.1 Å². The number of rotatable bonds is 3. The van der Waals surface area contributed by atoms with Gasteiger partial charge in [0, 0.05) is 27.1 Å². The Kier molecular flexibility index (Phi) is 3.48. The number of anilines is 1. The molecule has 2 aromatic carbocycles. The summed E-state index contributed by atoms with van der Waals surface area (Å²) in [5.74, 6) is 0.793. The first kappa shape index (κ1) is 15.7. The molecule has 2 N–H and O–H groups in total. The molecule has 0 unspecified atom stereocenters. The van der Waals surface area contributed by atoms with Gasteiger partial charge in [0.05, 0.1) is 5.60 Å². The fourth-order valence-electron chi connectivity index (χ4n) is 3.83. The van der Waals surface area contributed by atoms with Crippen LogP contribution in [0.4, 0.5) is 5.82 Å². The van der Waals surface area contributed by atoms with Crippen molar-refractivity contribution in [1.82, 2.24) is 10.2 Å². The minimum Gasteiger partial charge on any atom is -0.390 e. The number of fused-ring (bicyclic) bond motifs is 2. The summed E-state index contributed by atoms with van der Waals surface area (Å²) in [6.07, 6.45) is 1.47. The maximum Gasteiger partial charge on any atom is 0.156 e. The highest BCUT2D eigenvalue weighted by molar-refractivity contribution is 7.17. The van der Waals surface area contributed by atoms with Crippen LogP contribution in [0.2, 0.25) is 0 Å². The molecule has 4 nitrogen and oxygen atoms in total. The van der Waals surface area contributed by atoms with Crippen molar-refractivity contribution < 1.29 is 5.11 Å². The van der Waals surface area contributed by atoms with E-state index in [1.54, 1.807) is 11.3 Å². The number of aromatic nitrogens is 2. The van der Waals surface area contributed by atoms with Crippen molar-refractivity contribution in [2.45, 2.75) is 31.4 Å². The molecule has 1 fully saturated rings. The van der Waals surface area contributed by atoms with Gasteiger partial charge < -0.3 is 10.4 Å². The van der Waals surface area contributed by atoms with Crippen molar-refractivity contribution >= 4 is 38.0 Å². The topological polar surface area (TPSA) is 58.0 Å². The molecule has 2 aromatic heterocycles. The largest absolute Gasteiger partial charge is 0.390 e. The lowest BCUT2D eigenvalue weighted by Gasteiger charge is -2.41. The van der Waals surface area contributed by atoms with Gasteiger partial charge in [-0.05, 0) is 48.7 Å². The van der Waals surface area contributed by atoms with Gasteiger partial charge in [-0.25, -0.2) is 0 Å². The molecule has 0 atom stereocenters. The molecule has 0 aliphatic heterocycles. The van der Waals surface area contributed by atoms with Crippen molar-refractivity contribution in [3.8, 4) is 11.3 Å². The Morgan fingerprint density at radius 1 is 1.08 bits per heavy atom. The Bertz CT molecular complexity index is 1110. The molecule has 0 radical (unpaired) electrons. The average Bonchev–Trinajstić information content (AvgIpc) is 3.08. The number of hydrogen-bond donors (Lipinski definition) is 2. The van der Waals surface area contributed by atoms with Gasteiger partial charge in [0.15, 0.2) is 5.82 Å². The smallest absolute Gasteiger partial charge is 0.156 e. The van der Waals surface area contributed by atoms with Crippen molar-refractivity contribution in [3.63, 3.8) is 0 Å². The van der Waals surface area contributed by atoms with Crippen LogP contribution in [0.25, 0.3) is 32.1 Å². The summed E-state index contributed by atoms with van der Waals surface area (Å²) in [5, 5.41) is 27.9. The van der Waals surface area contributed by atoms with E-state index in [-0.39, 0.29) is 6.04 Å². The fraction of sp³-hybridized carbons (Fsp3) is 0.238.